The molecule has 1 atom stereocenters. The minimum Gasteiger partial charge on any atom is -0.396 e. The molecule has 0 amide bonds. The lowest BCUT2D eigenvalue weighted by atomic mass is 10.1. The van der Waals surface area contributed by atoms with Gasteiger partial charge in [0.1, 0.15) is 0 Å². The average Bonchev–Trinajstić information content (AvgIpc) is 2.50. The highest BCUT2D eigenvalue weighted by molar-refractivity contribution is 14.0. The molecule has 1 unspecified atom stereocenters. The van der Waals surface area contributed by atoms with Crippen molar-refractivity contribution in [1.29, 1.82) is 0 Å². The van der Waals surface area contributed by atoms with E-state index < -0.39 is 0 Å². The number of aryl methyl sites for hydroxylation is 1. The van der Waals surface area contributed by atoms with Crippen LogP contribution >= 0.6 is 47.2 Å². The number of aliphatic imine (C=N–C) groups is 1. The summed E-state index contributed by atoms with van der Waals surface area (Å²) in [6.45, 7) is 6.36. The molecule has 0 aliphatic carbocycles. The van der Waals surface area contributed by atoms with Crippen molar-refractivity contribution in [2.45, 2.75) is 26.7 Å². The van der Waals surface area contributed by atoms with Crippen LogP contribution in [0.2, 0.25) is 10.0 Å². The van der Waals surface area contributed by atoms with Crippen molar-refractivity contribution in [3.8, 4) is 0 Å². The van der Waals surface area contributed by atoms with Crippen LogP contribution in [0.25, 0.3) is 0 Å². The molecule has 1 aromatic carbocycles. The third-order valence-electron chi connectivity index (χ3n) is 3.15. The van der Waals surface area contributed by atoms with Gasteiger partial charge in [-0.05, 0) is 43.4 Å². The third-order valence-corrected chi connectivity index (χ3v) is 3.73. The van der Waals surface area contributed by atoms with Gasteiger partial charge in [-0.15, -0.1) is 24.0 Å². The van der Waals surface area contributed by atoms with Crippen molar-refractivity contribution in [2.75, 3.05) is 26.2 Å². The summed E-state index contributed by atoms with van der Waals surface area (Å²) in [5.41, 5.74) is 1.10. The van der Waals surface area contributed by atoms with Crippen LogP contribution in [-0.4, -0.2) is 37.3 Å². The van der Waals surface area contributed by atoms with Gasteiger partial charge in [0.05, 0.1) is 0 Å². The monoisotopic (exact) mass is 473 g/mol. The Morgan fingerprint density at radius 3 is 2.65 bits per heavy atom. The van der Waals surface area contributed by atoms with E-state index in [2.05, 4.69) is 15.6 Å². The molecule has 0 fully saturated rings. The molecule has 0 saturated heterocycles. The molecule has 0 aliphatic heterocycles. The molecule has 0 aromatic heterocycles. The van der Waals surface area contributed by atoms with Crippen LogP contribution in [0, 0.1) is 5.92 Å². The quantitative estimate of drug-likeness (QED) is 0.233. The second kappa shape index (κ2) is 13.1. The number of aliphatic hydroxyl groups is 1. The largest absolute Gasteiger partial charge is 0.396 e. The second-order valence-electron chi connectivity index (χ2n) is 5.27. The number of nitrogens with zero attached hydrogens (tertiary/aromatic N) is 1. The standard InChI is InChI=1S/C16H25Cl2N3O.HI/c1-3-19-16(21-10-12(2)11-22)20-8-4-5-13-6-7-14(17)9-15(13)18;/h6-7,9,12,22H,3-5,8,10-11H2,1-2H3,(H2,19,20,21);1H. The Bertz CT molecular complexity index is 486. The summed E-state index contributed by atoms with van der Waals surface area (Å²) in [4.78, 5) is 4.45. The van der Waals surface area contributed by atoms with Gasteiger partial charge in [-0.1, -0.05) is 36.2 Å². The van der Waals surface area contributed by atoms with Crippen molar-refractivity contribution in [3.63, 3.8) is 0 Å². The van der Waals surface area contributed by atoms with Crippen molar-refractivity contribution in [3.05, 3.63) is 33.8 Å². The van der Waals surface area contributed by atoms with E-state index in [1.54, 1.807) is 6.07 Å². The lowest BCUT2D eigenvalue weighted by Crippen LogP contribution is -2.38. The number of hydrogen-bond acceptors (Lipinski definition) is 2. The summed E-state index contributed by atoms with van der Waals surface area (Å²) in [6, 6.07) is 5.60. The number of aliphatic hydroxyl groups excluding tert-OH is 1. The van der Waals surface area contributed by atoms with E-state index in [1.807, 2.05) is 26.0 Å². The summed E-state index contributed by atoms with van der Waals surface area (Å²) in [5, 5.41) is 16.9. The Hall–Kier alpha value is -0.240. The van der Waals surface area contributed by atoms with Gasteiger partial charge in [-0.3, -0.25) is 4.99 Å². The summed E-state index contributed by atoms with van der Waals surface area (Å²) >= 11 is 12.0. The molecule has 7 heteroatoms. The molecule has 0 saturated carbocycles. The molecule has 4 nitrogen and oxygen atoms in total. The fourth-order valence-corrected chi connectivity index (χ4v) is 2.36. The fourth-order valence-electron chi connectivity index (χ4n) is 1.86. The van der Waals surface area contributed by atoms with E-state index in [4.69, 9.17) is 28.3 Å². The summed E-state index contributed by atoms with van der Waals surface area (Å²) in [5.74, 6) is 0.952. The Labute approximate surface area is 166 Å². The van der Waals surface area contributed by atoms with Crippen molar-refractivity contribution < 1.29 is 5.11 Å². The fraction of sp³-hybridized carbons (Fsp3) is 0.562. The SMILES string of the molecule is CCNC(=NCC(C)CO)NCCCc1ccc(Cl)cc1Cl.I. The van der Waals surface area contributed by atoms with E-state index in [9.17, 15) is 0 Å². The molecule has 0 aliphatic rings. The summed E-state index contributed by atoms with van der Waals surface area (Å²) in [6.07, 6.45) is 1.83. The predicted octanol–water partition coefficient (Wildman–Crippen LogP) is 3.73. The zero-order chi connectivity index (χ0) is 16.4. The molecule has 0 heterocycles. The number of guanidine groups is 1. The maximum absolute atomic E-state index is 9.03. The van der Waals surface area contributed by atoms with E-state index in [-0.39, 0.29) is 36.5 Å². The van der Waals surface area contributed by atoms with E-state index >= 15 is 0 Å². The minimum absolute atomic E-state index is 0. The number of rotatable bonds is 8. The maximum atomic E-state index is 9.03. The summed E-state index contributed by atoms with van der Waals surface area (Å²) < 4.78 is 0. The molecule has 132 valence electrons. The highest BCUT2D eigenvalue weighted by atomic mass is 127. The van der Waals surface area contributed by atoms with Gasteiger partial charge in [0, 0.05) is 36.3 Å². The van der Waals surface area contributed by atoms with Crippen LogP contribution in [0.1, 0.15) is 25.8 Å². The lowest BCUT2D eigenvalue weighted by molar-refractivity contribution is 0.241. The number of nitrogens with one attached hydrogen (secondary N) is 2. The van der Waals surface area contributed by atoms with E-state index in [1.165, 1.54) is 0 Å². The molecule has 3 N–H and O–H groups in total. The first-order valence-electron chi connectivity index (χ1n) is 7.63. The third kappa shape index (κ3) is 9.59. The summed E-state index contributed by atoms with van der Waals surface area (Å²) in [7, 11) is 0. The van der Waals surface area contributed by atoms with Gasteiger partial charge in [0.2, 0.25) is 0 Å². The number of benzene rings is 1. The van der Waals surface area contributed by atoms with Crippen LogP contribution in [0.3, 0.4) is 0 Å². The van der Waals surface area contributed by atoms with Crippen LogP contribution in [0.5, 0.6) is 0 Å². The van der Waals surface area contributed by atoms with Crippen molar-refractivity contribution in [2.24, 2.45) is 10.9 Å². The highest BCUT2D eigenvalue weighted by Gasteiger charge is 2.03. The number of hydrogen-bond donors (Lipinski definition) is 3. The van der Waals surface area contributed by atoms with Crippen LogP contribution < -0.4 is 10.6 Å². The zero-order valence-corrected chi connectivity index (χ0v) is 17.5. The topological polar surface area (TPSA) is 56.7 Å². The Morgan fingerprint density at radius 2 is 2.04 bits per heavy atom. The Morgan fingerprint density at radius 1 is 1.30 bits per heavy atom. The molecular weight excluding hydrogens is 448 g/mol. The van der Waals surface area contributed by atoms with Crippen molar-refractivity contribution in [1.82, 2.24) is 10.6 Å². The van der Waals surface area contributed by atoms with Gasteiger partial charge < -0.3 is 15.7 Å². The lowest BCUT2D eigenvalue weighted by Gasteiger charge is -2.12. The first-order chi connectivity index (χ1) is 10.6. The number of halogens is 3. The first kappa shape index (κ1) is 22.8. The predicted molar refractivity (Wildman–Crippen MR) is 110 cm³/mol. The first-order valence-corrected chi connectivity index (χ1v) is 8.39. The van der Waals surface area contributed by atoms with Gasteiger partial charge in [-0.2, -0.15) is 0 Å². The molecule has 1 rings (SSSR count). The highest BCUT2D eigenvalue weighted by Crippen LogP contribution is 2.21. The molecule has 23 heavy (non-hydrogen) atoms. The Balaban J connectivity index is 0.00000484. The van der Waals surface area contributed by atoms with Crippen molar-refractivity contribution >= 4 is 53.1 Å². The normalized spacial score (nSPS) is 12.5. The molecule has 0 spiro atoms. The molecule has 1 aromatic rings. The second-order valence-corrected chi connectivity index (χ2v) is 6.12. The average molecular weight is 474 g/mol. The van der Waals surface area contributed by atoms with Crippen LogP contribution in [0.15, 0.2) is 23.2 Å². The Kier molecular flexibility index (Phi) is 13.0. The molecular formula is C16H26Cl2IN3O. The zero-order valence-electron chi connectivity index (χ0n) is 13.6. The smallest absolute Gasteiger partial charge is 0.191 e. The van der Waals surface area contributed by atoms with Gasteiger partial charge in [0.25, 0.3) is 0 Å². The van der Waals surface area contributed by atoms with Crippen LogP contribution in [0.4, 0.5) is 0 Å². The maximum Gasteiger partial charge on any atom is 0.191 e. The van der Waals surface area contributed by atoms with E-state index in [0.29, 0.717) is 16.6 Å². The molecule has 0 radical (unpaired) electrons. The van der Waals surface area contributed by atoms with Crippen LogP contribution in [-0.2, 0) is 6.42 Å². The van der Waals surface area contributed by atoms with Gasteiger partial charge in [-0.25, -0.2) is 0 Å². The minimum atomic E-state index is 0. The van der Waals surface area contributed by atoms with Gasteiger partial charge >= 0.3 is 0 Å². The molecule has 0 bridgehead atoms. The van der Waals surface area contributed by atoms with Gasteiger partial charge in [0.15, 0.2) is 5.96 Å². The van der Waals surface area contributed by atoms with E-state index in [0.717, 1.165) is 37.5 Å².